The van der Waals surface area contributed by atoms with Crippen LogP contribution in [-0.2, 0) is 10.8 Å². The van der Waals surface area contributed by atoms with Gasteiger partial charge in [-0.25, -0.2) is 9.97 Å². The lowest BCUT2D eigenvalue weighted by molar-refractivity contribution is 0.334. The molecule has 0 spiro atoms. The van der Waals surface area contributed by atoms with E-state index in [1.807, 2.05) is 19.9 Å². The zero-order valence-corrected chi connectivity index (χ0v) is 10.1. The highest BCUT2D eigenvalue weighted by Crippen LogP contribution is 2.24. The standard InChI is InChI=1S/C12H19FN2/c1-11(2,3)9-6-7-14-10(15-9)12(4,5)8-13/h6-7H,8H2,1-5H3. The van der Waals surface area contributed by atoms with Crippen LogP contribution >= 0.6 is 0 Å². The number of aromatic nitrogens is 2. The van der Waals surface area contributed by atoms with Gasteiger partial charge in [0, 0.05) is 17.3 Å². The maximum absolute atomic E-state index is 12.8. The van der Waals surface area contributed by atoms with E-state index in [0.717, 1.165) is 5.69 Å². The first-order chi connectivity index (χ1) is 6.77. The lowest BCUT2D eigenvalue weighted by Gasteiger charge is -2.23. The highest BCUT2D eigenvalue weighted by Gasteiger charge is 2.25. The van der Waals surface area contributed by atoms with Crippen LogP contribution in [0.15, 0.2) is 12.3 Å². The Morgan fingerprint density at radius 1 is 1.20 bits per heavy atom. The molecule has 15 heavy (non-hydrogen) atoms. The Labute approximate surface area is 91.0 Å². The van der Waals surface area contributed by atoms with Crippen LogP contribution in [0.25, 0.3) is 0 Å². The average molecular weight is 210 g/mol. The van der Waals surface area contributed by atoms with Crippen LogP contribution in [-0.4, -0.2) is 16.6 Å². The van der Waals surface area contributed by atoms with E-state index in [0.29, 0.717) is 5.82 Å². The van der Waals surface area contributed by atoms with Crippen LogP contribution < -0.4 is 0 Å². The molecule has 0 N–H and O–H groups in total. The Balaban J connectivity index is 3.14. The maximum Gasteiger partial charge on any atom is 0.136 e. The summed E-state index contributed by atoms with van der Waals surface area (Å²) in [6.45, 7) is 9.44. The van der Waals surface area contributed by atoms with Crippen molar-refractivity contribution >= 4 is 0 Å². The molecule has 0 aliphatic carbocycles. The molecule has 1 rings (SSSR count). The summed E-state index contributed by atoms with van der Waals surface area (Å²) in [5.74, 6) is 0.581. The van der Waals surface area contributed by atoms with Crippen LogP contribution in [0, 0.1) is 0 Å². The minimum atomic E-state index is -0.596. The summed E-state index contributed by atoms with van der Waals surface area (Å²) < 4.78 is 12.8. The van der Waals surface area contributed by atoms with Crippen LogP contribution in [0.2, 0.25) is 0 Å². The van der Waals surface area contributed by atoms with Crippen molar-refractivity contribution in [3.63, 3.8) is 0 Å². The first-order valence-corrected chi connectivity index (χ1v) is 5.17. The van der Waals surface area contributed by atoms with E-state index in [4.69, 9.17) is 0 Å². The Kier molecular flexibility index (Phi) is 3.12. The smallest absolute Gasteiger partial charge is 0.136 e. The summed E-state index contributed by atoms with van der Waals surface area (Å²) >= 11 is 0. The molecule has 0 saturated heterocycles. The normalized spacial score (nSPS) is 12.9. The first-order valence-electron chi connectivity index (χ1n) is 5.17. The summed E-state index contributed by atoms with van der Waals surface area (Å²) in [4.78, 5) is 8.58. The molecule has 2 nitrogen and oxygen atoms in total. The molecule has 0 saturated carbocycles. The van der Waals surface area contributed by atoms with Gasteiger partial charge in [0.2, 0.25) is 0 Å². The van der Waals surface area contributed by atoms with E-state index >= 15 is 0 Å². The second-order valence-electron chi connectivity index (χ2n) is 5.53. The van der Waals surface area contributed by atoms with Gasteiger partial charge in [0.25, 0.3) is 0 Å². The molecule has 1 heterocycles. The van der Waals surface area contributed by atoms with Gasteiger partial charge in [0.15, 0.2) is 0 Å². The van der Waals surface area contributed by atoms with Crippen LogP contribution in [0.1, 0.15) is 46.1 Å². The minimum Gasteiger partial charge on any atom is -0.250 e. The second kappa shape index (κ2) is 3.87. The van der Waals surface area contributed by atoms with Crippen molar-refractivity contribution in [1.29, 1.82) is 0 Å². The zero-order chi connectivity index (χ0) is 11.7. The number of nitrogens with zero attached hydrogens (tertiary/aromatic N) is 2. The Bertz CT molecular complexity index is 340. The Morgan fingerprint density at radius 2 is 1.80 bits per heavy atom. The van der Waals surface area contributed by atoms with Crippen LogP contribution in [0.4, 0.5) is 4.39 Å². The molecule has 3 heteroatoms. The van der Waals surface area contributed by atoms with E-state index in [9.17, 15) is 4.39 Å². The molecule has 0 radical (unpaired) electrons. The summed E-state index contributed by atoms with van der Waals surface area (Å²) in [7, 11) is 0. The lowest BCUT2D eigenvalue weighted by atomic mass is 9.90. The summed E-state index contributed by atoms with van der Waals surface area (Å²) in [6.07, 6.45) is 1.71. The van der Waals surface area contributed by atoms with Gasteiger partial charge in [-0.1, -0.05) is 34.6 Å². The van der Waals surface area contributed by atoms with E-state index < -0.39 is 12.1 Å². The number of rotatable bonds is 2. The van der Waals surface area contributed by atoms with Crippen molar-refractivity contribution in [2.45, 2.75) is 45.4 Å². The molecular weight excluding hydrogens is 191 g/mol. The summed E-state index contributed by atoms with van der Waals surface area (Å²) in [5, 5.41) is 0. The fraction of sp³-hybridized carbons (Fsp3) is 0.667. The van der Waals surface area contributed by atoms with Crippen molar-refractivity contribution in [2.75, 3.05) is 6.67 Å². The van der Waals surface area contributed by atoms with Gasteiger partial charge in [-0.2, -0.15) is 0 Å². The molecule has 84 valence electrons. The highest BCUT2D eigenvalue weighted by atomic mass is 19.1. The molecule has 0 aliphatic heterocycles. The fourth-order valence-corrected chi connectivity index (χ4v) is 1.16. The first kappa shape index (κ1) is 12.1. The zero-order valence-electron chi connectivity index (χ0n) is 10.1. The van der Waals surface area contributed by atoms with E-state index in [1.165, 1.54) is 0 Å². The monoisotopic (exact) mass is 210 g/mol. The number of hydrogen-bond donors (Lipinski definition) is 0. The van der Waals surface area contributed by atoms with E-state index in [1.54, 1.807) is 6.20 Å². The van der Waals surface area contributed by atoms with Gasteiger partial charge >= 0.3 is 0 Å². The summed E-state index contributed by atoms with van der Waals surface area (Å²) in [5.41, 5.74) is 0.333. The molecule has 0 fully saturated rings. The predicted octanol–water partition coefficient (Wildman–Crippen LogP) is 3.02. The predicted molar refractivity (Wildman–Crippen MR) is 59.7 cm³/mol. The molecule has 1 aromatic rings. The van der Waals surface area contributed by atoms with Crippen molar-refractivity contribution < 1.29 is 4.39 Å². The lowest BCUT2D eigenvalue weighted by Crippen LogP contribution is -2.25. The molecular formula is C12H19FN2. The van der Waals surface area contributed by atoms with Gasteiger partial charge in [-0.05, 0) is 6.07 Å². The third-order valence-corrected chi connectivity index (χ3v) is 2.36. The van der Waals surface area contributed by atoms with Gasteiger partial charge < -0.3 is 0 Å². The molecule has 0 aliphatic rings. The quantitative estimate of drug-likeness (QED) is 0.749. The van der Waals surface area contributed by atoms with Crippen LogP contribution in [0.5, 0.6) is 0 Å². The van der Waals surface area contributed by atoms with Gasteiger partial charge in [0.1, 0.15) is 12.5 Å². The minimum absolute atomic E-state index is 0.0237. The van der Waals surface area contributed by atoms with Gasteiger partial charge in [-0.3, -0.25) is 4.39 Å². The Morgan fingerprint density at radius 3 is 2.27 bits per heavy atom. The Hall–Kier alpha value is -0.990. The van der Waals surface area contributed by atoms with Crippen molar-refractivity contribution in [3.8, 4) is 0 Å². The fourth-order valence-electron chi connectivity index (χ4n) is 1.16. The van der Waals surface area contributed by atoms with E-state index in [2.05, 4.69) is 30.7 Å². The van der Waals surface area contributed by atoms with Gasteiger partial charge in [-0.15, -0.1) is 0 Å². The van der Waals surface area contributed by atoms with Crippen molar-refractivity contribution in [2.24, 2.45) is 0 Å². The van der Waals surface area contributed by atoms with Crippen LogP contribution in [0.3, 0.4) is 0 Å². The second-order valence-corrected chi connectivity index (χ2v) is 5.53. The average Bonchev–Trinajstić information content (AvgIpc) is 2.17. The third kappa shape index (κ3) is 2.74. The number of halogens is 1. The maximum atomic E-state index is 12.8. The molecule has 1 aromatic heterocycles. The number of alkyl halides is 1. The molecule has 0 amide bonds. The third-order valence-electron chi connectivity index (χ3n) is 2.36. The van der Waals surface area contributed by atoms with Crippen molar-refractivity contribution in [3.05, 3.63) is 23.8 Å². The highest BCUT2D eigenvalue weighted by molar-refractivity contribution is 5.15. The molecule has 0 bridgehead atoms. The van der Waals surface area contributed by atoms with Gasteiger partial charge in [0.05, 0.1) is 5.41 Å². The summed E-state index contributed by atoms with van der Waals surface area (Å²) in [6, 6.07) is 1.89. The number of hydrogen-bond acceptors (Lipinski definition) is 2. The molecule has 0 atom stereocenters. The SMILES string of the molecule is CC(C)(C)c1ccnc(C(C)(C)CF)n1. The molecule has 0 aromatic carbocycles. The van der Waals surface area contributed by atoms with E-state index in [-0.39, 0.29) is 5.41 Å². The topological polar surface area (TPSA) is 25.8 Å². The van der Waals surface area contributed by atoms with Crippen molar-refractivity contribution in [1.82, 2.24) is 9.97 Å². The molecule has 0 unspecified atom stereocenters. The largest absolute Gasteiger partial charge is 0.250 e.